The minimum absolute atomic E-state index is 0.113. The van der Waals surface area contributed by atoms with E-state index in [4.69, 9.17) is 4.42 Å². The molecule has 6 nitrogen and oxygen atoms in total. The molecule has 6 heteroatoms. The van der Waals surface area contributed by atoms with E-state index in [1.807, 2.05) is 37.3 Å². The number of hydrogen-bond donors (Lipinski definition) is 1. The molecule has 0 bridgehead atoms. The first-order valence-electron chi connectivity index (χ1n) is 8.35. The molecule has 130 valence electrons. The number of para-hydroxylation sites is 2. The second-order valence-corrected chi connectivity index (χ2v) is 6.28. The van der Waals surface area contributed by atoms with Gasteiger partial charge in [-0.05, 0) is 49.2 Å². The molecular formula is C20H18N4O2. The minimum atomic E-state index is -0.113. The molecule has 0 aliphatic heterocycles. The lowest BCUT2D eigenvalue weighted by Crippen LogP contribution is -2.16. The molecule has 0 spiro atoms. The summed E-state index contributed by atoms with van der Waals surface area (Å²) in [6, 6.07) is 11.6. The van der Waals surface area contributed by atoms with E-state index in [2.05, 4.69) is 28.6 Å². The van der Waals surface area contributed by atoms with Crippen LogP contribution in [0.15, 0.2) is 59.5 Å². The molecule has 0 aliphatic carbocycles. The fraction of sp³-hybridized carbons (Fsp3) is 0.150. The van der Waals surface area contributed by atoms with Gasteiger partial charge >= 0.3 is 0 Å². The van der Waals surface area contributed by atoms with Gasteiger partial charge in [0.25, 0.3) is 0 Å². The van der Waals surface area contributed by atoms with Crippen LogP contribution in [0.1, 0.15) is 16.7 Å². The third kappa shape index (κ3) is 2.97. The van der Waals surface area contributed by atoms with Crippen molar-refractivity contribution in [2.45, 2.75) is 20.3 Å². The Morgan fingerprint density at radius 3 is 2.81 bits per heavy atom. The molecule has 0 aliphatic rings. The minimum Gasteiger partial charge on any atom is -0.464 e. The average molecular weight is 346 g/mol. The fourth-order valence-electron chi connectivity index (χ4n) is 2.96. The molecule has 0 fully saturated rings. The van der Waals surface area contributed by atoms with E-state index < -0.39 is 0 Å². The number of carbonyl (C=O) groups is 1. The number of aromatic nitrogens is 3. The highest BCUT2D eigenvalue weighted by molar-refractivity contribution is 5.96. The van der Waals surface area contributed by atoms with Crippen molar-refractivity contribution in [3.05, 3.63) is 71.7 Å². The van der Waals surface area contributed by atoms with E-state index in [9.17, 15) is 4.79 Å². The number of fused-ring (bicyclic) bond motifs is 1. The maximum Gasteiger partial charge on any atom is 0.228 e. The van der Waals surface area contributed by atoms with E-state index in [0.29, 0.717) is 5.69 Å². The maximum atomic E-state index is 12.6. The summed E-state index contributed by atoms with van der Waals surface area (Å²) in [5, 5.41) is 11.7. The Hall–Kier alpha value is -3.41. The molecular weight excluding hydrogens is 328 g/mol. The summed E-state index contributed by atoms with van der Waals surface area (Å²) in [7, 11) is 0. The van der Waals surface area contributed by atoms with Crippen LogP contribution >= 0.6 is 0 Å². The number of nitrogens with zero attached hydrogens (tertiary/aromatic N) is 3. The zero-order valence-electron chi connectivity index (χ0n) is 14.6. The van der Waals surface area contributed by atoms with Gasteiger partial charge in [0.15, 0.2) is 0 Å². The van der Waals surface area contributed by atoms with Crippen LogP contribution in [0.25, 0.3) is 16.7 Å². The number of rotatable bonds is 4. The topological polar surface area (TPSA) is 73.0 Å². The number of hydrogen-bond acceptors (Lipinski definition) is 4. The third-order valence-corrected chi connectivity index (χ3v) is 4.47. The summed E-state index contributed by atoms with van der Waals surface area (Å²) >= 11 is 0. The standard InChI is InChI=1S/C20H18N4O2/c1-13-9-16-15(12-26-19(16)10-14(13)2)11-20(25)22-17-5-3-4-6-18(17)24-8-7-21-23-24/h3-10,12H,11H2,1-2H3,(H,22,25). The zero-order chi connectivity index (χ0) is 18.1. The lowest BCUT2D eigenvalue weighted by molar-refractivity contribution is -0.115. The first-order chi connectivity index (χ1) is 12.6. The number of carbonyl (C=O) groups excluding carboxylic acids is 1. The van der Waals surface area contributed by atoms with Gasteiger partial charge in [0.1, 0.15) is 5.58 Å². The highest BCUT2D eigenvalue weighted by atomic mass is 16.3. The second kappa shape index (κ2) is 6.48. The van der Waals surface area contributed by atoms with Crippen molar-refractivity contribution in [1.29, 1.82) is 0 Å². The van der Waals surface area contributed by atoms with Gasteiger partial charge < -0.3 is 9.73 Å². The molecule has 1 N–H and O–H groups in total. The molecule has 2 aromatic carbocycles. The molecule has 0 unspecified atom stereocenters. The molecule has 0 saturated carbocycles. The van der Waals surface area contributed by atoms with Crippen LogP contribution < -0.4 is 5.32 Å². The molecule has 2 aromatic heterocycles. The Labute approximate surface area is 150 Å². The van der Waals surface area contributed by atoms with E-state index in [1.54, 1.807) is 23.3 Å². The van der Waals surface area contributed by atoms with Crippen molar-refractivity contribution in [1.82, 2.24) is 15.0 Å². The normalized spacial score (nSPS) is 11.0. The lowest BCUT2D eigenvalue weighted by atomic mass is 10.0. The molecule has 4 aromatic rings. The summed E-state index contributed by atoms with van der Waals surface area (Å²) in [6.45, 7) is 4.10. The Kier molecular flexibility index (Phi) is 4.01. The van der Waals surface area contributed by atoms with Crippen molar-refractivity contribution in [3.8, 4) is 5.69 Å². The Morgan fingerprint density at radius 2 is 2.00 bits per heavy atom. The van der Waals surface area contributed by atoms with Gasteiger partial charge in [-0.3, -0.25) is 4.79 Å². The molecule has 4 rings (SSSR count). The maximum absolute atomic E-state index is 12.6. The Morgan fingerprint density at radius 1 is 1.19 bits per heavy atom. The largest absolute Gasteiger partial charge is 0.464 e. The van der Waals surface area contributed by atoms with Crippen molar-refractivity contribution in [2.75, 3.05) is 5.32 Å². The van der Waals surface area contributed by atoms with E-state index in [-0.39, 0.29) is 12.3 Å². The van der Waals surface area contributed by atoms with Gasteiger partial charge in [-0.2, -0.15) is 0 Å². The van der Waals surface area contributed by atoms with E-state index in [0.717, 1.165) is 22.2 Å². The second-order valence-electron chi connectivity index (χ2n) is 6.28. The van der Waals surface area contributed by atoms with Gasteiger partial charge in [0.2, 0.25) is 5.91 Å². The van der Waals surface area contributed by atoms with Crippen LogP contribution in [0.3, 0.4) is 0 Å². The van der Waals surface area contributed by atoms with Gasteiger partial charge in [-0.15, -0.1) is 5.10 Å². The Balaban J connectivity index is 1.58. The monoisotopic (exact) mass is 346 g/mol. The van der Waals surface area contributed by atoms with Crippen LogP contribution in [0.4, 0.5) is 5.69 Å². The predicted molar refractivity (Wildman–Crippen MR) is 99.4 cm³/mol. The van der Waals surface area contributed by atoms with Crippen LogP contribution in [0.5, 0.6) is 0 Å². The zero-order valence-corrected chi connectivity index (χ0v) is 14.6. The number of amides is 1. The number of nitrogens with one attached hydrogen (secondary N) is 1. The van der Waals surface area contributed by atoms with Gasteiger partial charge in [0, 0.05) is 10.9 Å². The van der Waals surface area contributed by atoms with E-state index in [1.165, 1.54) is 11.1 Å². The highest BCUT2D eigenvalue weighted by Gasteiger charge is 2.13. The van der Waals surface area contributed by atoms with Crippen LogP contribution in [0.2, 0.25) is 0 Å². The summed E-state index contributed by atoms with van der Waals surface area (Å²) < 4.78 is 7.24. The number of benzene rings is 2. The summed E-state index contributed by atoms with van der Waals surface area (Å²) in [5.41, 5.74) is 5.48. The highest BCUT2D eigenvalue weighted by Crippen LogP contribution is 2.26. The van der Waals surface area contributed by atoms with E-state index >= 15 is 0 Å². The number of aryl methyl sites for hydroxylation is 2. The van der Waals surface area contributed by atoms with Gasteiger partial charge in [-0.1, -0.05) is 17.3 Å². The van der Waals surface area contributed by atoms with Crippen LogP contribution in [-0.4, -0.2) is 20.9 Å². The lowest BCUT2D eigenvalue weighted by Gasteiger charge is -2.10. The van der Waals surface area contributed by atoms with Crippen LogP contribution in [0, 0.1) is 13.8 Å². The smallest absolute Gasteiger partial charge is 0.228 e. The number of furan rings is 1. The molecule has 0 saturated heterocycles. The molecule has 2 heterocycles. The molecule has 0 atom stereocenters. The fourth-order valence-corrected chi connectivity index (χ4v) is 2.96. The van der Waals surface area contributed by atoms with Crippen molar-refractivity contribution in [2.24, 2.45) is 0 Å². The predicted octanol–water partition coefficient (Wildman–Crippen LogP) is 3.81. The van der Waals surface area contributed by atoms with Crippen molar-refractivity contribution >= 4 is 22.6 Å². The van der Waals surface area contributed by atoms with Gasteiger partial charge in [-0.25, -0.2) is 4.68 Å². The molecule has 1 amide bonds. The molecule has 26 heavy (non-hydrogen) atoms. The average Bonchev–Trinajstić information content (AvgIpc) is 3.27. The summed E-state index contributed by atoms with van der Waals surface area (Å²) in [6.07, 6.45) is 5.23. The Bertz CT molecular complexity index is 1080. The summed E-state index contributed by atoms with van der Waals surface area (Å²) in [5.74, 6) is -0.113. The summed E-state index contributed by atoms with van der Waals surface area (Å²) in [4.78, 5) is 12.6. The first kappa shape index (κ1) is 16.1. The number of anilines is 1. The molecule has 0 radical (unpaired) electrons. The first-order valence-corrected chi connectivity index (χ1v) is 8.35. The quantitative estimate of drug-likeness (QED) is 0.610. The van der Waals surface area contributed by atoms with Crippen molar-refractivity contribution < 1.29 is 9.21 Å². The SMILES string of the molecule is Cc1cc2occ(CC(=O)Nc3ccccc3-n3ccnn3)c2cc1C. The van der Waals surface area contributed by atoms with Crippen LogP contribution in [-0.2, 0) is 11.2 Å². The van der Waals surface area contributed by atoms with Gasteiger partial charge in [0.05, 0.1) is 36.5 Å². The van der Waals surface area contributed by atoms with Crippen molar-refractivity contribution in [3.63, 3.8) is 0 Å². The third-order valence-electron chi connectivity index (χ3n) is 4.47.